The van der Waals surface area contributed by atoms with Crippen molar-refractivity contribution in [2.45, 2.75) is 271 Å². The van der Waals surface area contributed by atoms with Crippen molar-refractivity contribution in [1.82, 2.24) is 0 Å². The highest BCUT2D eigenvalue weighted by Gasteiger charge is 2.19. The summed E-state index contributed by atoms with van der Waals surface area (Å²) in [5.41, 5.74) is 0. The molecular weight excluding hydrogens is 673 g/mol. The molecule has 0 aliphatic heterocycles. The highest BCUT2D eigenvalue weighted by molar-refractivity contribution is 5.71. The van der Waals surface area contributed by atoms with E-state index in [1.54, 1.807) is 0 Å². The van der Waals surface area contributed by atoms with Gasteiger partial charge in [0.15, 0.2) is 6.10 Å². The summed E-state index contributed by atoms with van der Waals surface area (Å²) in [5.74, 6) is -0.0430. The third-order valence-corrected chi connectivity index (χ3v) is 10.8. The lowest BCUT2D eigenvalue weighted by Gasteiger charge is -2.18. The van der Waals surface area contributed by atoms with Crippen molar-refractivity contribution < 1.29 is 28.6 Å². The zero-order valence-corrected chi connectivity index (χ0v) is 36.7. The highest BCUT2D eigenvalue weighted by Crippen LogP contribution is 2.16. The molecule has 0 saturated carbocycles. The van der Waals surface area contributed by atoms with Crippen molar-refractivity contribution in [2.24, 2.45) is 5.92 Å². The van der Waals surface area contributed by atoms with Crippen LogP contribution in [0.2, 0.25) is 0 Å². The fourth-order valence-corrected chi connectivity index (χ4v) is 7.16. The van der Waals surface area contributed by atoms with Crippen LogP contribution in [-0.4, -0.2) is 37.2 Å². The predicted octanol–water partition coefficient (Wildman–Crippen LogP) is 15.1. The van der Waals surface area contributed by atoms with E-state index in [0.717, 1.165) is 63.7 Å². The maximum Gasteiger partial charge on any atom is 0.306 e. The zero-order valence-electron chi connectivity index (χ0n) is 36.7. The number of ether oxygens (including phenoxy) is 3. The largest absolute Gasteiger partial charge is 0.462 e. The third-order valence-electron chi connectivity index (χ3n) is 10.8. The fraction of sp³-hybridized carbons (Fsp3) is 0.938. The summed E-state index contributed by atoms with van der Waals surface area (Å²) in [6.45, 7) is 8.98. The molecule has 0 saturated heterocycles. The monoisotopic (exact) mass is 765 g/mol. The van der Waals surface area contributed by atoms with Crippen LogP contribution in [0.1, 0.15) is 265 Å². The quantitative estimate of drug-likeness (QED) is 0.0349. The molecule has 54 heavy (non-hydrogen) atoms. The van der Waals surface area contributed by atoms with Crippen LogP contribution < -0.4 is 0 Å². The van der Waals surface area contributed by atoms with Gasteiger partial charge in [-0.05, 0) is 25.2 Å². The Labute approximate surface area is 336 Å². The first-order valence-electron chi connectivity index (χ1n) is 23.9. The summed E-state index contributed by atoms with van der Waals surface area (Å²) in [4.78, 5) is 37.8. The lowest BCUT2D eigenvalue weighted by atomic mass is 10.0. The van der Waals surface area contributed by atoms with Gasteiger partial charge in [0.05, 0.1) is 0 Å². The molecule has 0 rings (SSSR count). The minimum atomic E-state index is -0.759. The van der Waals surface area contributed by atoms with Crippen molar-refractivity contribution in [1.29, 1.82) is 0 Å². The molecule has 0 unspecified atom stereocenters. The number of unbranched alkanes of at least 4 members (excludes halogenated alkanes) is 30. The van der Waals surface area contributed by atoms with E-state index in [2.05, 4.69) is 27.7 Å². The summed E-state index contributed by atoms with van der Waals surface area (Å²) >= 11 is 0. The van der Waals surface area contributed by atoms with Gasteiger partial charge in [-0.2, -0.15) is 0 Å². The Morgan fingerprint density at radius 3 is 0.907 bits per heavy atom. The van der Waals surface area contributed by atoms with Crippen molar-refractivity contribution in [3.63, 3.8) is 0 Å². The van der Waals surface area contributed by atoms with E-state index in [-0.39, 0.29) is 31.1 Å². The zero-order chi connectivity index (χ0) is 39.6. The molecule has 320 valence electrons. The number of esters is 3. The lowest BCUT2D eigenvalue weighted by Crippen LogP contribution is -2.30. The molecule has 0 fully saturated rings. The fourth-order valence-electron chi connectivity index (χ4n) is 7.16. The van der Waals surface area contributed by atoms with Gasteiger partial charge >= 0.3 is 17.9 Å². The molecule has 1 atom stereocenters. The molecule has 6 heteroatoms. The Balaban J connectivity index is 4.32. The Bertz CT molecular complexity index is 811. The van der Waals surface area contributed by atoms with Gasteiger partial charge in [-0.1, -0.05) is 227 Å². The second kappa shape index (κ2) is 42.6. The Kier molecular flexibility index (Phi) is 41.3. The van der Waals surface area contributed by atoms with Crippen molar-refractivity contribution in [3.05, 3.63) is 0 Å². The van der Waals surface area contributed by atoms with Crippen molar-refractivity contribution in [3.8, 4) is 0 Å². The molecule has 0 aromatic carbocycles. The number of carbonyl (C=O) groups is 3. The predicted molar refractivity (Wildman–Crippen MR) is 229 cm³/mol. The third kappa shape index (κ3) is 41.6. The summed E-state index contributed by atoms with van der Waals surface area (Å²) in [7, 11) is 0. The summed E-state index contributed by atoms with van der Waals surface area (Å²) < 4.78 is 16.7. The molecule has 0 bridgehead atoms. The Hall–Kier alpha value is -1.59. The Morgan fingerprint density at radius 1 is 0.352 bits per heavy atom. The molecule has 0 aromatic rings. The highest BCUT2D eigenvalue weighted by atomic mass is 16.6. The Morgan fingerprint density at radius 2 is 0.611 bits per heavy atom. The minimum absolute atomic E-state index is 0.0635. The molecule has 0 spiro atoms. The normalized spacial score (nSPS) is 11.9. The van der Waals surface area contributed by atoms with Gasteiger partial charge in [-0.25, -0.2) is 0 Å². The average Bonchev–Trinajstić information content (AvgIpc) is 3.15. The second-order valence-electron chi connectivity index (χ2n) is 16.9. The standard InChI is InChI=1S/C48H92O6/c1-5-7-9-11-13-15-17-18-20-23-27-31-35-39-46(49)52-42-45(54-48(51)41-37-33-29-24-19-16-14-12-10-8-6-2)43-53-47(50)40-36-32-28-25-21-22-26-30-34-38-44(3)4/h44-45H,5-43H2,1-4H3/t45-/m1/s1. The number of carbonyl (C=O) groups excluding carboxylic acids is 3. The summed E-state index contributed by atoms with van der Waals surface area (Å²) in [6.07, 6.45) is 42.2. The smallest absolute Gasteiger partial charge is 0.306 e. The van der Waals surface area contributed by atoms with Crippen molar-refractivity contribution in [2.75, 3.05) is 13.2 Å². The first-order chi connectivity index (χ1) is 26.4. The van der Waals surface area contributed by atoms with Crippen LogP contribution in [0.15, 0.2) is 0 Å². The van der Waals surface area contributed by atoms with Gasteiger partial charge in [-0.3, -0.25) is 14.4 Å². The summed E-state index contributed by atoms with van der Waals surface area (Å²) in [6, 6.07) is 0. The molecule has 6 nitrogen and oxygen atoms in total. The maximum absolute atomic E-state index is 12.7. The average molecular weight is 765 g/mol. The van der Waals surface area contributed by atoms with E-state index in [1.165, 1.54) is 161 Å². The van der Waals surface area contributed by atoms with Crippen LogP contribution in [0.4, 0.5) is 0 Å². The van der Waals surface area contributed by atoms with E-state index >= 15 is 0 Å². The van der Waals surface area contributed by atoms with Crippen LogP contribution in [0.25, 0.3) is 0 Å². The first-order valence-corrected chi connectivity index (χ1v) is 23.9. The number of rotatable bonds is 43. The van der Waals surface area contributed by atoms with E-state index in [1.807, 2.05) is 0 Å². The second-order valence-corrected chi connectivity index (χ2v) is 16.9. The maximum atomic E-state index is 12.7. The number of hydrogen-bond acceptors (Lipinski definition) is 6. The topological polar surface area (TPSA) is 78.9 Å². The van der Waals surface area contributed by atoms with Gasteiger partial charge in [0.2, 0.25) is 0 Å². The van der Waals surface area contributed by atoms with Crippen LogP contribution in [0, 0.1) is 5.92 Å². The van der Waals surface area contributed by atoms with E-state index < -0.39 is 6.10 Å². The van der Waals surface area contributed by atoms with Crippen LogP contribution in [-0.2, 0) is 28.6 Å². The molecule has 0 aliphatic carbocycles. The van der Waals surface area contributed by atoms with Crippen LogP contribution >= 0.6 is 0 Å². The molecule has 0 N–H and O–H groups in total. The summed E-state index contributed by atoms with van der Waals surface area (Å²) in [5, 5.41) is 0. The van der Waals surface area contributed by atoms with E-state index in [9.17, 15) is 14.4 Å². The lowest BCUT2D eigenvalue weighted by molar-refractivity contribution is -0.167. The van der Waals surface area contributed by atoms with E-state index in [4.69, 9.17) is 14.2 Å². The molecule has 0 amide bonds. The molecule has 0 radical (unpaired) electrons. The molecule has 0 aromatic heterocycles. The first kappa shape index (κ1) is 52.4. The van der Waals surface area contributed by atoms with Gasteiger partial charge in [-0.15, -0.1) is 0 Å². The van der Waals surface area contributed by atoms with Gasteiger partial charge in [0.1, 0.15) is 13.2 Å². The van der Waals surface area contributed by atoms with Gasteiger partial charge < -0.3 is 14.2 Å². The molecule has 0 heterocycles. The van der Waals surface area contributed by atoms with Gasteiger partial charge in [0, 0.05) is 19.3 Å². The van der Waals surface area contributed by atoms with Gasteiger partial charge in [0.25, 0.3) is 0 Å². The SMILES string of the molecule is CCCCCCCCCCCCCCCC(=O)OC[C@H](COC(=O)CCCCCCCCCCCC(C)C)OC(=O)CCCCCCCCCCCCC. The molecular formula is C48H92O6. The van der Waals surface area contributed by atoms with Crippen LogP contribution in [0.3, 0.4) is 0 Å². The minimum Gasteiger partial charge on any atom is -0.462 e. The van der Waals surface area contributed by atoms with Crippen molar-refractivity contribution >= 4 is 17.9 Å². The number of hydrogen-bond donors (Lipinski definition) is 0. The molecule has 0 aliphatic rings. The van der Waals surface area contributed by atoms with Crippen LogP contribution in [0.5, 0.6) is 0 Å². The van der Waals surface area contributed by atoms with E-state index in [0.29, 0.717) is 19.3 Å².